The molecule has 1 saturated heterocycles. The highest BCUT2D eigenvalue weighted by molar-refractivity contribution is 5.77. The van der Waals surface area contributed by atoms with Crippen LogP contribution in [0.1, 0.15) is 51.9 Å². The summed E-state index contributed by atoms with van der Waals surface area (Å²) >= 11 is 0. The standard InChI is InChI=1S/C12H21NO2/c1-2-4-11(15)13-8-5-10(14)9-12(13)6-3-7-12/h10,14H,2-9H2,1H3. The van der Waals surface area contributed by atoms with Gasteiger partial charge < -0.3 is 10.0 Å². The van der Waals surface area contributed by atoms with E-state index >= 15 is 0 Å². The predicted molar refractivity (Wildman–Crippen MR) is 58.4 cm³/mol. The van der Waals surface area contributed by atoms with Gasteiger partial charge in [0.1, 0.15) is 0 Å². The second-order valence-electron chi connectivity index (χ2n) is 5.02. The van der Waals surface area contributed by atoms with Crippen LogP contribution in [0.3, 0.4) is 0 Å². The average molecular weight is 211 g/mol. The Morgan fingerprint density at radius 1 is 1.53 bits per heavy atom. The van der Waals surface area contributed by atoms with E-state index < -0.39 is 0 Å². The number of aliphatic hydroxyl groups is 1. The highest BCUT2D eigenvalue weighted by atomic mass is 16.3. The Bertz CT molecular complexity index is 248. The maximum Gasteiger partial charge on any atom is 0.223 e. The summed E-state index contributed by atoms with van der Waals surface area (Å²) in [5.41, 5.74) is 0.0456. The van der Waals surface area contributed by atoms with Crippen molar-refractivity contribution in [1.82, 2.24) is 4.90 Å². The molecule has 1 atom stereocenters. The minimum Gasteiger partial charge on any atom is -0.393 e. The van der Waals surface area contributed by atoms with Crippen molar-refractivity contribution < 1.29 is 9.90 Å². The fourth-order valence-electron chi connectivity index (χ4n) is 2.96. The third-order valence-corrected chi connectivity index (χ3v) is 3.92. The zero-order chi connectivity index (χ0) is 10.9. The van der Waals surface area contributed by atoms with Crippen LogP contribution in [0.5, 0.6) is 0 Å². The molecule has 2 rings (SSSR count). The summed E-state index contributed by atoms with van der Waals surface area (Å²) in [5.74, 6) is 0.295. The van der Waals surface area contributed by atoms with Gasteiger partial charge in [-0.3, -0.25) is 4.79 Å². The lowest BCUT2D eigenvalue weighted by Crippen LogP contribution is -2.61. The first kappa shape index (κ1) is 10.9. The summed E-state index contributed by atoms with van der Waals surface area (Å²) in [5, 5.41) is 9.70. The molecule has 2 aliphatic rings. The molecule has 86 valence electrons. The van der Waals surface area contributed by atoms with Crippen molar-refractivity contribution >= 4 is 5.91 Å². The first-order valence-electron chi connectivity index (χ1n) is 6.16. The number of carbonyl (C=O) groups excluding carboxylic acids is 1. The number of hydrogen-bond acceptors (Lipinski definition) is 2. The highest BCUT2D eigenvalue weighted by Crippen LogP contribution is 2.44. The van der Waals surface area contributed by atoms with Crippen LogP contribution in [-0.4, -0.2) is 34.1 Å². The number of likely N-dealkylation sites (tertiary alicyclic amines) is 1. The second kappa shape index (κ2) is 4.12. The summed E-state index contributed by atoms with van der Waals surface area (Å²) in [7, 11) is 0. The first-order chi connectivity index (χ1) is 7.18. The van der Waals surface area contributed by atoms with Gasteiger partial charge in [0.15, 0.2) is 0 Å². The smallest absolute Gasteiger partial charge is 0.223 e. The van der Waals surface area contributed by atoms with Crippen molar-refractivity contribution in [3.63, 3.8) is 0 Å². The van der Waals surface area contributed by atoms with Crippen molar-refractivity contribution in [2.24, 2.45) is 0 Å². The largest absolute Gasteiger partial charge is 0.393 e. The van der Waals surface area contributed by atoms with Crippen molar-refractivity contribution in [2.45, 2.75) is 63.5 Å². The third kappa shape index (κ3) is 1.89. The van der Waals surface area contributed by atoms with E-state index in [4.69, 9.17) is 0 Å². The summed E-state index contributed by atoms with van der Waals surface area (Å²) in [6.07, 6.45) is 6.38. The van der Waals surface area contributed by atoms with Crippen LogP contribution in [0.15, 0.2) is 0 Å². The highest BCUT2D eigenvalue weighted by Gasteiger charge is 2.47. The Kier molecular flexibility index (Phi) is 3.01. The van der Waals surface area contributed by atoms with Gasteiger partial charge in [0.05, 0.1) is 6.10 Å². The topological polar surface area (TPSA) is 40.5 Å². The van der Waals surface area contributed by atoms with E-state index in [9.17, 15) is 9.90 Å². The lowest BCUT2D eigenvalue weighted by molar-refractivity contribution is -0.149. The molecule has 3 nitrogen and oxygen atoms in total. The van der Waals surface area contributed by atoms with Crippen LogP contribution in [0.4, 0.5) is 0 Å². The monoisotopic (exact) mass is 211 g/mol. The number of nitrogens with zero attached hydrogens (tertiary/aromatic N) is 1. The SMILES string of the molecule is CCCC(=O)N1CCC(O)CC12CCC2. The van der Waals surface area contributed by atoms with Gasteiger partial charge in [-0.2, -0.15) is 0 Å². The van der Waals surface area contributed by atoms with Crippen LogP contribution in [0.2, 0.25) is 0 Å². The molecule has 1 spiro atoms. The van der Waals surface area contributed by atoms with E-state index in [1.807, 2.05) is 6.92 Å². The Balaban J connectivity index is 2.05. The van der Waals surface area contributed by atoms with Crippen LogP contribution < -0.4 is 0 Å². The Morgan fingerprint density at radius 2 is 2.27 bits per heavy atom. The van der Waals surface area contributed by atoms with Gasteiger partial charge in [0, 0.05) is 18.5 Å². The number of rotatable bonds is 2. The molecule has 0 bridgehead atoms. The van der Waals surface area contributed by atoms with Gasteiger partial charge in [0.2, 0.25) is 5.91 Å². The molecule has 1 unspecified atom stereocenters. The summed E-state index contributed by atoms with van der Waals surface area (Å²) < 4.78 is 0. The van der Waals surface area contributed by atoms with E-state index in [0.29, 0.717) is 12.3 Å². The van der Waals surface area contributed by atoms with Crippen LogP contribution in [0.25, 0.3) is 0 Å². The van der Waals surface area contributed by atoms with Gasteiger partial charge in [-0.05, 0) is 38.5 Å². The van der Waals surface area contributed by atoms with Crippen LogP contribution in [-0.2, 0) is 4.79 Å². The van der Waals surface area contributed by atoms with Gasteiger partial charge in [-0.1, -0.05) is 6.92 Å². The minimum atomic E-state index is -0.184. The number of carbonyl (C=O) groups is 1. The number of aliphatic hydroxyl groups excluding tert-OH is 1. The quantitative estimate of drug-likeness (QED) is 0.755. The second-order valence-corrected chi connectivity index (χ2v) is 5.02. The average Bonchev–Trinajstić information content (AvgIpc) is 2.15. The van der Waals surface area contributed by atoms with Gasteiger partial charge >= 0.3 is 0 Å². The zero-order valence-corrected chi connectivity index (χ0v) is 9.54. The molecule has 1 amide bonds. The van der Waals surface area contributed by atoms with E-state index in [0.717, 1.165) is 38.6 Å². The molecule has 0 aromatic carbocycles. The Morgan fingerprint density at radius 3 is 2.80 bits per heavy atom. The minimum absolute atomic E-state index is 0.0456. The number of amides is 1. The Labute approximate surface area is 91.5 Å². The Hall–Kier alpha value is -0.570. The van der Waals surface area contributed by atoms with Gasteiger partial charge in [-0.15, -0.1) is 0 Å². The third-order valence-electron chi connectivity index (χ3n) is 3.92. The molecule has 2 fully saturated rings. The van der Waals surface area contributed by atoms with Crippen molar-refractivity contribution in [3.05, 3.63) is 0 Å². The predicted octanol–water partition coefficient (Wildman–Crippen LogP) is 1.69. The number of hydrogen-bond donors (Lipinski definition) is 1. The lowest BCUT2D eigenvalue weighted by Gasteiger charge is -2.54. The molecule has 1 heterocycles. The molecule has 3 heteroatoms. The maximum absolute atomic E-state index is 12.0. The fourth-order valence-corrected chi connectivity index (χ4v) is 2.96. The normalized spacial score (nSPS) is 28.9. The van der Waals surface area contributed by atoms with Crippen molar-refractivity contribution in [1.29, 1.82) is 0 Å². The fraction of sp³-hybridized carbons (Fsp3) is 0.917. The molecular formula is C12H21NO2. The molecular weight excluding hydrogens is 190 g/mol. The lowest BCUT2D eigenvalue weighted by atomic mass is 9.69. The van der Waals surface area contributed by atoms with E-state index in [1.165, 1.54) is 6.42 Å². The zero-order valence-electron chi connectivity index (χ0n) is 9.54. The summed E-state index contributed by atoms with van der Waals surface area (Å²) in [4.78, 5) is 14.0. The molecule has 0 aromatic heterocycles. The molecule has 0 radical (unpaired) electrons. The molecule has 1 aliphatic carbocycles. The molecule has 1 N–H and O–H groups in total. The van der Waals surface area contributed by atoms with Gasteiger partial charge in [0.25, 0.3) is 0 Å². The molecule has 15 heavy (non-hydrogen) atoms. The first-order valence-corrected chi connectivity index (χ1v) is 6.16. The van der Waals surface area contributed by atoms with Crippen molar-refractivity contribution in [3.8, 4) is 0 Å². The van der Waals surface area contributed by atoms with Crippen molar-refractivity contribution in [2.75, 3.05) is 6.54 Å². The molecule has 1 aliphatic heterocycles. The summed E-state index contributed by atoms with van der Waals surface area (Å²) in [6, 6.07) is 0. The maximum atomic E-state index is 12.0. The van der Waals surface area contributed by atoms with E-state index in [2.05, 4.69) is 4.90 Å². The molecule has 1 saturated carbocycles. The summed E-state index contributed by atoms with van der Waals surface area (Å²) in [6.45, 7) is 2.81. The van der Waals surface area contributed by atoms with Gasteiger partial charge in [-0.25, -0.2) is 0 Å². The van der Waals surface area contributed by atoms with E-state index in [-0.39, 0.29) is 11.6 Å². The van der Waals surface area contributed by atoms with Crippen LogP contribution >= 0.6 is 0 Å². The van der Waals surface area contributed by atoms with E-state index in [1.54, 1.807) is 0 Å². The number of piperidine rings is 1. The molecule has 0 aromatic rings. The van der Waals surface area contributed by atoms with Crippen LogP contribution in [0, 0.1) is 0 Å².